The van der Waals surface area contributed by atoms with E-state index >= 15 is 0 Å². The van der Waals surface area contributed by atoms with Gasteiger partial charge in [-0.25, -0.2) is 4.79 Å². The molecule has 0 amide bonds. The first-order valence-electron chi connectivity index (χ1n) is 8.35. The zero-order valence-electron chi connectivity index (χ0n) is 15.1. The van der Waals surface area contributed by atoms with Crippen LogP contribution in [0.1, 0.15) is 47.5 Å². The summed E-state index contributed by atoms with van der Waals surface area (Å²) in [6, 6.07) is 6.65. The molecule has 0 bridgehead atoms. The van der Waals surface area contributed by atoms with E-state index in [9.17, 15) is 9.59 Å². The van der Waals surface area contributed by atoms with Gasteiger partial charge in [0.15, 0.2) is 0 Å². The molecule has 0 atom stereocenters. The second kappa shape index (κ2) is 8.51. The minimum Gasteiger partial charge on any atom is -0.487 e. The zero-order chi connectivity index (χ0) is 18.4. The van der Waals surface area contributed by atoms with Crippen LogP contribution in [-0.4, -0.2) is 12.6 Å². The summed E-state index contributed by atoms with van der Waals surface area (Å²) in [4.78, 5) is 24.1. The number of carbonyl (C=O) groups excluding carboxylic acids is 1. The van der Waals surface area contributed by atoms with Gasteiger partial charge >= 0.3 is 5.97 Å². The summed E-state index contributed by atoms with van der Waals surface area (Å²) < 4.78 is 15.9. The van der Waals surface area contributed by atoms with Crippen molar-refractivity contribution in [1.82, 2.24) is 0 Å². The topological polar surface area (TPSA) is 65.7 Å². The van der Waals surface area contributed by atoms with Gasteiger partial charge in [0.2, 0.25) is 11.2 Å². The molecule has 134 valence electrons. The molecule has 0 radical (unpaired) electrons. The Hall–Kier alpha value is -2.56. The van der Waals surface area contributed by atoms with Crippen molar-refractivity contribution in [2.75, 3.05) is 6.61 Å². The fourth-order valence-electron chi connectivity index (χ4n) is 2.11. The Morgan fingerprint density at radius 3 is 2.56 bits per heavy atom. The quantitative estimate of drug-likeness (QED) is 0.709. The van der Waals surface area contributed by atoms with E-state index in [1.807, 2.05) is 19.9 Å². The Balaban J connectivity index is 1.94. The van der Waals surface area contributed by atoms with Gasteiger partial charge in [-0.3, -0.25) is 4.79 Å². The largest absolute Gasteiger partial charge is 0.487 e. The number of esters is 1. The van der Waals surface area contributed by atoms with Gasteiger partial charge in [-0.1, -0.05) is 19.9 Å². The van der Waals surface area contributed by atoms with Gasteiger partial charge in [-0.05, 0) is 49.4 Å². The third kappa shape index (κ3) is 5.48. The van der Waals surface area contributed by atoms with E-state index in [1.54, 1.807) is 12.1 Å². The number of benzene rings is 1. The molecule has 25 heavy (non-hydrogen) atoms. The van der Waals surface area contributed by atoms with Gasteiger partial charge < -0.3 is 13.9 Å². The third-order valence-corrected chi connectivity index (χ3v) is 3.89. The van der Waals surface area contributed by atoms with Crippen LogP contribution >= 0.6 is 0 Å². The Morgan fingerprint density at radius 1 is 1.16 bits per heavy atom. The highest BCUT2D eigenvalue weighted by atomic mass is 16.5. The summed E-state index contributed by atoms with van der Waals surface area (Å²) in [5.41, 5.74) is 2.31. The van der Waals surface area contributed by atoms with Crippen molar-refractivity contribution in [3.8, 4) is 5.75 Å². The average Bonchev–Trinajstić information content (AvgIpc) is 2.56. The maximum absolute atomic E-state index is 12.1. The molecule has 0 unspecified atom stereocenters. The van der Waals surface area contributed by atoms with Crippen LogP contribution in [0.15, 0.2) is 39.7 Å². The molecule has 0 N–H and O–H groups in total. The zero-order valence-corrected chi connectivity index (χ0v) is 15.1. The molecule has 0 aliphatic heterocycles. The van der Waals surface area contributed by atoms with Crippen molar-refractivity contribution in [3.05, 3.63) is 63.2 Å². The molecule has 0 aliphatic rings. The van der Waals surface area contributed by atoms with Crippen molar-refractivity contribution in [1.29, 1.82) is 0 Å². The number of ether oxygens (including phenoxy) is 2. The highest BCUT2D eigenvalue weighted by Crippen LogP contribution is 2.13. The first-order valence-corrected chi connectivity index (χ1v) is 8.35. The molecule has 1 aromatic heterocycles. The lowest BCUT2D eigenvalue weighted by atomic mass is 10.1. The Bertz CT molecular complexity index is 789. The molecule has 0 fully saturated rings. The predicted molar refractivity (Wildman–Crippen MR) is 95.0 cm³/mol. The van der Waals surface area contributed by atoms with Crippen molar-refractivity contribution < 1.29 is 18.7 Å². The summed E-state index contributed by atoms with van der Waals surface area (Å²) in [5.74, 6) is 0.488. The minimum atomic E-state index is -0.456. The number of aryl methyl sites for hydroxylation is 2. The standard InChI is InChI=1S/C20H24O5/c1-13(2)7-8-23-19-12-24-17(10-18(19)21)11-25-20(22)16-6-5-14(3)15(4)9-16/h5-6,9-10,12-13H,7-8,11H2,1-4H3. The second-order valence-electron chi connectivity index (χ2n) is 6.48. The van der Waals surface area contributed by atoms with E-state index in [1.165, 1.54) is 12.3 Å². The summed E-state index contributed by atoms with van der Waals surface area (Å²) in [6.07, 6.45) is 2.12. The molecule has 2 aromatic rings. The van der Waals surface area contributed by atoms with E-state index in [4.69, 9.17) is 13.9 Å². The van der Waals surface area contributed by atoms with Crippen LogP contribution in [-0.2, 0) is 11.3 Å². The van der Waals surface area contributed by atoms with Crippen molar-refractivity contribution in [3.63, 3.8) is 0 Å². The van der Waals surface area contributed by atoms with E-state index in [-0.39, 0.29) is 23.5 Å². The molecular weight excluding hydrogens is 320 g/mol. The third-order valence-electron chi connectivity index (χ3n) is 3.89. The molecule has 0 saturated heterocycles. The van der Waals surface area contributed by atoms with E-state index in [0.29, 0.717) is 18.1 Å². The second-order valence-corrected chi connectivity index (χ2v) is 6.48. The summed E-state index contributed by atoms with van der Waals surface area (Å²) >= 11 is 0. The smallest absolute Gasteiger partial charge is 0.338 e. The monoisotopic (exact) mass is 344 g/mol. The minimum absolute atomic E-state index is 0.104. The molecule has 1 heterocycles. The molecule has 5 nitrogen and oxygen atoms in total. The molecule has 1 aromatic carbocycles. The van der Waals surface area contributed by atoms with Gasteiger partial charge in [0.05, 0.1) is 12.2 Å². The van der Waals surface area contributed by atoms with E-state index in [2.05, 4.69) is 13.8 Å². The molecular formula is C20H24O5. The Labute approximate surface area is 147 Å². The fraction of sp³-hybridized carbons (Fsp3) is 0.400. The van der Waals surface area contributed by atoms with Crippen molar-refractivity contribution in [2.45, 2.75) is 40.7 Å². The Kier molecular flexibility index (Phi) is 6.39. The fourth-order valence-corrected chi connectivity index (χ4v) is 2.11. The number of hydrogen-bond donors (Lipinski definition) is 0. The lowest BCUT2D eigenvalue weighted by molar-refractivity contribution is 0.0442. The van der Waals surface area contributed by atoms with E-state index < -0.39 is 5.97 Å². The summed E-state index contributed by atoms with van der Waals surface area (Å²) in [5, 5.41) is 0. The van der Waals surface area contributed by atoms with Crippen molar-refractivity contribution >= 4 is 5.97 Å². The number of rotatable bonds is 7. The van der Waals surface area contributed by atoms with Crippen LogP contribution in [0.4, 0.5) is 0 Å². The number of hydrogen-bond acceptors (Lipinski definition) is 5. The molecule has 0 spiro atoms. The van der Waals surface area contributed by atoms with Gasteiger partial charge in [0, 0.05) is 6.07 Å². The van der Waals surface area contributed by atoms with Gasteiger partial charge in [0.25, 0.3) is 0 Å². The first-order chi connectivity index (χ1) is 11.9. The van der Waals surface area contributed by atoms with Crippen LogP contribution in [0.25, 0.3) is 0 Å². The van der Waals surface area contributed by atoms with Gasteiger partial charge in [-0.15, -0.1) is 0 Å². The average molecular weight is 344 g/mol. The van der Waals surface area contributed by atoms with Gasteiger partial charge in [-0.2, -0.15) is 0 Å². The van der Waals surface area contributed by atoms with E-state index in [0.717, 1.165) is 17.5 Å². The maximum Gasteiger partial charge on any atom is 0.338 e. The number of carbonyl (C=O) groups is 1. The SMILES string of the molecule is Cc1ccc(C(=O)OCc2cc(=O)c(OCCC(C)C)co2)cc1C. The van der Waals surface area contributed by atoms with Crippen LogP contribution < -0.4 is 10.2 Å². The lowest BCUT2D eigenvalue weighted by Crippen LogP contribution is -2.11. The molecule has 0 saturated carbocycles. The molecule has 5 heteroatoms. The van der Waals surface area contributed by atoms with Crippen LogP contribution in [0, 0.1) is 19.8 Å². The van der Waals surface area contributed by atoms with Crippen molar-refractivity contribution in [2.24, 2.45) is 5.92 Å². The highest BCUT2D eigenvalue weighted by molar-refractivity contribution is 5.89. The Morgan fingerprint density at radius 2 is 1.92 bits per heavy atom. The predicted octanol–water partition coefficient (Wildman–Crippen LogP) is 4.04. The first kappa shape index (κ1) is 18.8. The van der Waals surface area contributed by atoms with Crippen LogP contribution in [0.2, 0.25) is 0 Å². The van der Waals surface area contributed by atoms with Crippen LogP contribution in [0.3, 0.4) is 0 Å². The van der Waals surface area contributed by atoms with Crippen LogP contribution in [0.5, 0.6) is 5.75 Å². The maximum atomic E-state index is 12.1. The summed E-state index contributed by atoms with van der Waals surface area (Å²) in [7, 11) is 0. The summed E-state index contributed by atoms with van der Waals surface area (Å²) in [6.45, 7) is 8.43. The van der Waals surface area contributed by atoms with Gasteiger partial charge in [0.1, 0.15) is 18.6 Å². The normalized spacial score (nSPS) is 10.8. The highest BCUT2D eigenvalue weighted by Gasteiger charge is 2.11. The molecule has 0 aliphatic carbocycles. The lowest BCUT2D eigenvalue weighted by Gasteiger charge is -2.08. The molecule has 2 rings (SSSR count).